The van der Waals surface area contributed by atoms with Crippen LogP contribution in [-0.2, 0) is 16.1 Å². The van der Waals surface area contributed by atoms with E-state index in [1.54, 1.807) is 0 Å². The van der Waals surface area contributed by atoms with E-state index in [0.29, 0.717) is 18.1 Å². The molecule has 0 saturated heterocycles. The Kier molecular flexibility index (Phi) is 4.16. The van der Waals surface area contributed by atoms with Crippen LogP contribution in [0.5, 0.6) is 0 Å². The second kappa shape index (κ2) is 5.83. The van der Waals surface area contributed by atoms with Crippen molar-refractivity contribution in [2.75, 3.05) is 7.11 Å². The fourth-order valence-corrected chi connectivity index (χ4v) is 1.77. The van der Waals surface area contributed by atoms with Gasteiger partial charge >= 0.3 is 5.97 Å². The maximum absolute atomic E-state index is 11.8. The first-order valence-electron chi connectivity index (χ1n) is 6.08. The number of carboxylic acid groups (broad SMARTS) is 1. The molecule has 0 bridgehead atoms. The van der Waals surface area contributed by atoms with E-state index >= 15 is 0 Å². The molecule has 1 aliphatic carbocycles. The van der Waals surface area contributed by atoms with E-state index in [0.717, 1.165) is 12.8 Å². The van der Waals surface area contributed by atoms with Crippen LogP contribution in [0.15, 0.2) is 10.6 Å². The van der Waals surface area contributed by atoms with E-state index in [-0.39, 0.29) is 12.3 Å². The molecule has 1 atom stereocenters. The predicted molar refractivity (Wildman–Crippen MR) is 63.4 cm³/mol. The number of aliphatic carboxylic acids is 1. The van der Waals surface area contributed by atoms with Crippen LogP contribution in [0.1, 0.15) is 35.5 Å². The van der Waals surface area contributed by atoms with Gasteiger partial charge in [0, 0.05) is 13.2 Å². The third-order valence-electron chi connectivity index (χ3n) is 2.95. The van der Waals surface area contributed by atoms with Crippen LogP contribution in [0.2, 0.25) is 0 Å². The zero-order valence-electron chi connectivity index (χ0n) is 10.6. The van der Waals surface area contributed by atoms with Crippen molar-refractivity contribution in [3.05, 3.63) is 17.5 Å². The Morgan fingerprint density at radius 3 is 2.95 bits per heavy atom. The van der Waals surface area contributed by atoms with E-state index < -0.39 is 17.9 Å². The molecular formula is C12H16N2O5. The van der Waals surface area contributed by atoms with Crippen LogP contribution in [0, 0.1) is 5.92 Å². The van der Waals surface area contributed by atoms with Crippen molar-refractivity contribution in [3.8, 4) is 0 Å². The van der Waals surface area contributed by atoms with Crippen LogP contribution in [-0.4, -0.2) is 35.3 Å². The van der Waals surface area contributed by atoms with Gasteiger partial charge in [0.15, 0.2) is 11.5 Å². The summed E-state index contributed by atoms with van der Waals surface area (Å²) in [5.41, 5.74) is 0.0640. The van der Waals surface area contributed by atoms with Gasteiger partial charge in [-0.25, -0.2) is 4.79 Å². The molecule has 19 heavy (non-hydrogen) atoms. The van der Waals surface area contributed by atoms with Crippen LogP contribution < -0.4 is 5.32 Å². The van der Waals surface area contributed by atoms with E-state index in [9.17, 15) is 9.59 Å². The summed E-state index contributed by atoms with van der Waals surface area (Å²) in [4.78, 5) is 22.9. The second-order valence-electron chi connectivity index (χ2n) is 4.65. The molecule has 0 spiro atoms. The number of rotatable bonds is 7. The van der Waals surface area contributed by atoms with Gasteiger partial charge in [0.2, 0.25) is 0 Å². The highest BCUT2D eigenvalue weighted by Gasteiger charge is 2.30. The topological polar surface area (TPSA) is 102 Å². The maximum Gasteiger partial charge on any atom is 0.326 e. The van der Waals surface area contributed by atoms with Gasteiger partial charge in [-0.3, -0.25) is 4.79 Å². The van der Waals surface area contributed by atoms with E-state index in [1.165, 1.54) is 13.2 Å². The van der Waals surface area contributed by atoms with Gasteiger partial charge in [0.25, 0.3) is 5.91 Å². The van der Waals surface area contributed by atoms with Gasteiger partial charge in [0.05, 0.1) is 0 Å². The number of hydrogen-bond donors (Lipinski definition) is 2. The highest BCUT2D eigenvalue weighted by molar-refractivity contribution is 5.94. The summed E-state index contributed by atoms with van der Waals surface area (Å²) in [6.07, 6.45) is 2.52. The molecular weight excluding hydrogens is 252 g/mol. The van der Waals surface area contributed by atoms with Crippen LogP contribution >= 0.6 is 0 Å². The molecule has 1 saturated carbocycles. The minimum atomic E-state index is -1.03. The zero-order chi connectivity index (χ0) is 13.8. The van der Waals surface area contributed by atoms with Gasteiger partial charge in [-0.2, -0.15) is 0 Å². The van der Waals surface area contributed by atoms with Crippen molar-refractivity contribution in [2.24, 2.45) is 5.92 Å². The number of amides is 1. The molecule has 1 fully saturated rings. The molecule has 1 aromatic heterocycles. The number of hydrogen-bond acceptors (Lipinski definition) is 5. The summed E-state index contributed by atoms with van der Waals surface area (Å²) in [6.45, 7) is 0.213. The quantitative estimate of drug-likeness (QED) is 0.758. The fourth-order valence-electron chi connectivity index (χ4n) is 1.77. The largest absolute Gasteiger partial charge is 0.480 e. The van der Waals surface area contributed by atoms with E-state index in [2.05, 4.69) is 10.5 Å². The third-order valence-corrected chi connectivity index (χ3v) is 2.95. The molecule has 2 N–H and O–H groups in total. The van der Waals surface area contributed by atoms with Crippen LogP contribution in [0.4, 0.5) is 0 Å². The van der Waals surface area contributed by atoms with Gasteiger partial charge in [-0.15, -0.1) is 0 Å². The Hall–Kier alpha value is -1.89. The van der Waals surface area contributed by atoms with E-state index in [1.807, 2.05) is 0 Å². The molecule has 0 radical (unpaired) electrons. The van der Waals surface area contributed by atoms with Gasteiger partial charge in [-0.05, 0) is 12.3 Å². The summed E-state index contributed by atoms with van der Waals surface area (Å²) >= 11 is 0. The van der Waals surface area contributed by atoms with Gasteiger partial charge in [-0.1, -0.05) is 18.0 Å². The Morgan fingerprint density at radius 1 is 1.63 bits per heavy atom. The van der Waals surface area contributed by atoms with Gasteiger partial charge < -0.3 is 19.7 Å². The van der Waals surface area contributed by atoms with Crippen molar-refractivity contribution in [1.82, 2.24) is 10.5 Å². The lowest BCUT2D eigenvalue weighted by Crippen LogP contribution is -2.41. The number of carbonyl (C=O) groups excluding carboxylic acids is 1. The normalized spacial score (nSPS) is 16.1. The minimum absolute atomic E-state index is 0.0640. The number of methoxy groups -OCH3 is 1. The van der Waals surface area contributed by atoms with Crippen molar-refractivity contribution < 1.29 is 24.0 Å². The molecule has 2 rings (SSSR count). The third kappa shape index (κ3) is 3.78. The summed E-state index contributed by atoms with van der Waals surface area (Å²) in [7, 11) is 1.50. The lowest BCUT2D eigenvalue weighted by atomic mass is 10.1. The molecule has 1 amide bonds. The number of ether oxygens (including phenoxy) is 1. The minimum Gasteiger partial charge on any atom is -0.480 e. The van der Waals surface area contributed by atoms with Gasteiger partial charge in [0.1, 0.15) is 12.6 Å². The van der Waals surface area contributed by atoms with Crippen molar-refractivity contribution >= 4 is 11.9 Å². The number of carbonyl (C=O) groups is 2. The van der Waals surface area contributed by atoms with Crippen molar-refractivity contribution in [1.29, 1.82) is 0 Å². The summed E-state index contributed by atoms with van der Waals surface area (Å²) < 4.78 is 9.72. The average Bonchev–Trinajstić information content (AvgIpc) is 3.05. The first-order chi connectivity index (χ1) is 9.10. The number of nitrogens with one attached hydrogen (secondary N) is 1. The highest BCUT2D eigenvalue weighted by atomic mass is 16.5. The number of carboxylic acids is 1. The smallest absolute Gasteiger partial charge is 0.326 e. The first-order valence-corrected chi connectivity index (χ1v) is 6.08. The highest BCUT2D eigenvalue weighted by Crippen LogP contribution is 2.33. The van der Waals surface area contributed by atoms with Crippen LogP contribution in [0.3, 0.4) is 0 Å². The molecule has 1 unspecified atom stereocenters. The average molecular weight is 268 g/mol. The van der Waals surface area contributed by atoms with Crippen molar-refractivity contribution in [3.63, 3.8) is 0 Å². The molecule has 7 nitrogen and oxygen atoms in total. The molecule has 104 valence electrons. The zero-order valence-corrected chi connectivity index (χ0v) is 10.6. The molecule has 7 heteroatoms. The summed E-state index contributed by atoms with van der Waals surface area (Å²) in [5.74, 6) is -0.746. The molecule has 1 heterocycles. The lowest BCUT2D eigenvalue weighted by Gasteiger charge is -2.12. The Bertz CT molecular complexity index is 466. The lowest BCUT2D eigenvalue weighted by molar-refractivity contribution is -0.139. The summed E-state index contributed by atoms with van der Waals surface area (Å²) in [5, 5.41) is 15.1. The van der Waals surface area contributed by atoms with E-state index in [4.69, 9.17) is 14.4 Å². The molecule has 1 aliphatic rings. The monoisotopic (exact) mass is 268 g/mol. The molecule has 1 aromatic rings. The van der Waals surface area contributed by atoms with Crippen molar-refractivity contribution in [2.45, 2.75) is 31.9 Å². The maximum atomic E-state index is 11.8. The number of aromatic nitrogens is 1. The Labute approximate surface area is 109 Å². The second-order valence-corrected chi connectivity index (χ2v) is 4.65. The Morgan fingerprint density at radius 2 is 2.37 bits per heavy atom. The Balaban J connectivity index is 1.94. The molecule has 0 aliphatic heterocycles. The predicted octanol–water partition coefficient (Wildman–Crippen LogP) is 0.804. The standard InChI is InChI=1S/C12H16N2O5/c1-18-6-8-5-9(14-19-8)11(15)13-10(12(16)17)4-7-2-3-7/h5,7,10H,2-4,6H2,1H3,(H,13,15)(H,16,17). The SMILES string of the molecule is COCc1cc(C(=O)NC(CC2CC2)C(=O)O)no1. The first kappa shape index (κ1) is 13.5. The number of nitrogens with zero attached hydrogens (tertiary/aromatic N) is 1. The summed E-state index contributed by atoms with van der Waals surface area (Å²) in [6, 6.07) is 0.567. The fraction of sp³-hybridized carbons (Fsp3) is 0.583. The molecule has 0 aromatic carbocycles. The van der Waals surface area contributed by atoms with Crippen LogP contribution in [0.25, 0.3) is 0 Å².